The zero-order valence-electron chi connectivity index (χ0n) is 16.4. The molecule has 27 heavy (non-hydrogen) atoms. The van der Waals surface area contributed by atoms with Gasteiger partial charge in [-0.1, -0.05) is 18.2 Å². The summed E-state index contributed by atoms with van der Waals surface area (Å²) in [5.41, 5.74) is 1.89. The third-order valence-corrected chi connectivity index (χ3v) is 7.08. The number of benzene rings is 2. The van der Waals surface area contributed by atoms with E-state index in [0.717, 1.165) is 50.6 Å². The number of anilines is 2. The average Bonchev–Trinajstić information content (AvgIpc) is 2.70. The Hall–Kier alpha value is -2.05. The summed E-state index contributed by atoms with van der Waals surface area (Å²) < 4.78 is 26.5. The van der Waals surface area contributed by atoms with Crippen molar-refractivity contribution in [1.82, 2.24) is 4.90 Å². The summed E-state index contributed by atoms with van der Waals surface area (Å²) in [6.45, 7) is 9.60. The number of likely N-dealkylation sites (N-methyl/N-ethyl adjacent to an activating group) is 1. The minimum Gasteiger partial charge on any atom is -0.371 e. The highest BCUT2D eigenvalue weighted by Crippen LogP contribution is 2.34. The fraction of sp³-hybridized carbons (Fsp3) is 0.429. The number of sulfone groups is 1. The largest absolute Gasteiger partial charge is 0.371 e. The first-order valence-electron chi connectivity index (χ1n) is 9.60. The van der Waals surface area contributed by atoms with Crippen LogP contribution < -0.4 is 9.80 Å². The van der Waals surface area contributed by atoms with Crippen molar-refractivity contribution in [3.63, 3.8) is 0 Å². The SMILES string of the molecule is CCN(CC)c1cc(N2CCN(C)CC2)ccc1S(=O)(=O)c1ccccc1. The van der Waals surface area contributed by atoms with E-state index < -0.39 is 9.84 Å². The second-order valence-corrected chi connectivity index (χ2v) is 8.85. The van der Waals surface area contributed by atoms with Gasteiger partial charge in [0.1, 0.15) is 0 Å². The molecule has 2 aromatic rings. The summed E-state index contributed by atoms with van der Waals surface area (Å²) in [6.07, 6.45) is 0. The Bertz CT molecular complexity index is 856. The van der Waals surface area contributed by atoms with E-state index in [9.17, 15) is 8.42 Å². The van der Waals surface area contributed by atoms with E-state index in [4.69, 9.17) is 0 Å². The molecule has 1 saturated heterocycles. The second-order valence-electron chi connectivity index (χ2n) is 6.93. The molecular weight excluding hydrogens is 358 g/mol. The lowest BCUT2D eigenvalue weighted by atomic mass is 10.2. The van der Waals surface area contributed by atoms with Crippen LogP contribution in [0.25, 0.3) is 0 Å². The van der Waals surface area contributed by atoms with Gasteiger partial charge in [0.15, 0.2) is 0 Å². The van der Waals surface area contributed by atoms with Gasteiger partial charge in [-0.2, -0.15) is 0 Å². The zero-order valence-corrected chi connectivity index (χ0v) is 17.2. The van der Waals surface area contributed by atoms with Crippen LogP contribution in [-0.4, -0.2) is 59.6 Å². The van der Waals surface area contributed by atoms with E-state index in [0.29, 0.717) is 9.79 Å². The van der Waals surface area contributed by atoms with Crippen LogP contribution in [0.5, 0.6) is 0 Å². The summed E-state index contributed by atoms with van der Waals surface area (Å²) >= 11 is 0. The van der Waals surface area contributed by atoms with Gasteiger partial charge in [0.2, 0.25) is 9.84 Å². The van der Waals surface area contributed by atoms with E-state index in [2.05, 4.69) is 35.6 Å². The lowest BCUT2D eigenvalue weighted by Crippen LogP contribution is -2.44. The van der Waals surface area contributed by atoms with E-state index in [1.807, 2.05) is 18.2 Å². The number of nitrogens with zero attached hydrogens (tertiary/aromatic N) is 3. The predicted molar refractivity (Wildman–Crippen MR) is 112 cm³/mol. The predicted octanol–water partition coefficient (Wildman–Crippen LogP) is 3.12. The van der Waals surface area contributed by atoms with Crippen molar-refractivity contribution in [3.05, 3.63) is 48.5 Å². The Morgan fingerprint density at radius 1 is 0.926 bits per heavy atom. The van der Waals surface area contributed by atoms with Gasteiger partial charge in [0.05, 0.1) is 15.5 Å². The van der Waals surface area contributed by atoms with Gasteiger partial charge in [0, 0.05) is 45.0 Å². The molecule has 0 bridgehead atoms. The molecular formula is C21H29N3O2S. The number of rotatable bonds is 6. The third kappa shape index (κ3) is 4.12. The minimum atomic E-state index is -3.56. The van der Waals surface area contributed by atoms with Gasteiger partial charge < -0.3 is 14.7 Å². The molecule has 146 valence electrons. The molecule has 1 aliphatic rings. The van der Waals surface area contributed by atoms with Crippen LogP contribution >= 0.6 is 0 Å². The smallest absolute Gasteiger partial charge is 0.208 e. The Balaban J connectivity index is 2.06. The monoisotopic (exact) mass is 387 g/mol. The number of hydrogen-bond acceptors (Lipinski definition) is 5. The van der Waals surface area contributed by atoms with Crippen LogP contribution in [0.2, 0.25) is 0 Å². The molecule has 0 unspecified atom stereocenters. The quantitative estimate of drug-likeness (QED) is 0.762. The molecule has 2 aromatic carbocycles. The van der Waals surface area contributed by atoms with Gasteiger partial charge in [-0.25, -0.2) is 8.42 Å². The van der Waals surface area contributed by atoms with E-state index >= 15 is 0 Å². The van der Waals surface area contributed by atoms with Crippen LogP contribution in [0.4, 0.5) is 11.4 Å². The van der Waals surface area contributed by atoms with Crippen LogP contribution in [-0.2, 0) is 9.84 Å². The molecule has 3 rings (SSSR count). The van der Waals surface area contributed by atoms with Crippen molar-refractivity contribution in [2.75, 3.05) is 56.1 Å². The van der Waals surface area contributed by atoms with Crippen molar-refractivity contribution in [1.29, 1.82) is 0 Å². The van der Waals surface area contributed by atoms with Gasteiger partial charge in [0.25, 0.3) is 0 Å². The van der Waals surface area contributed by atoms with Crippen molar-refractivity contribution < 1.29 is 8.42 Å². The maximum absolute atomic E-state index is 13.3. The van der Waals surface area contributed by atoms with Crippen molar-refractivity contribution in [2.45, 2.75) is 23.6 Å². The van der Waals surface area contributed by atoms with Crippen LogP contribution in [0, 0.1) is 0 Å². The van der Waals surface area contributed by atoms with E-state index in [1.165, 1.54) is 0 Å². The molecule has 0 amide bonds. The fourth-order valence-electron chi connectivity index (χ4n) is 3.53. The highest BCUT2D eigenvalue weighted by molar-refractivity contribution is 7.91. The van der Waals surface area contributed by atoms with Gasteiger partial charge in [-0.15, -0.1) is 0 Å². The Morgan fingerprint density at radius 2 is 1.56 bits per heavy atom. The zero-order chi connectivity index (χ0) is 19.4. The molecule has 0 radical (unpaired) electrons. The summed E-state index contributed by atoms with van der Waals surface area (Å²) in [7, 11) is -1.43. The first kappa shape index (κ1) is 19.7. The molecule has 0 spiro atoms. The van der Waals surface area contributed by atoms with Gasteiger partial charge in [-0.3, -0.25) is 0 Å². The van der Waals surface area contributed by atoms with Crippen molar-refractivity contribution in [2.24, 2.45) is 0 Å². The van der Waals surface area contributed by atoms with Gasteiger partial charge >= 0.3 is 0 Å². The van der Waals surface area contributed by atoms with Gasteiger partial charge in [-0.05, 0) is 51.2 Å². The second kappa shape index (κ2) is 8.31. The molecule has 0 atom stereocenters. The van der Waals surface area contributed by atoms with Crippen molar-refractivity contribution >= 4 is 21.2 Å². The first-order valence-corrected chi connectivity index (χ1v) is 11.1. The maximum Gasteiger partial charge on any atom is 0.208 e. The Labute approximate surface area is 163 Å². The Kier molecular flexibility index (Phi) is 6.07. The number of piperazine rings is 1. The minimum absolute atomic E-state index is 0.339. The van der Waals surface area contributed by atoms with Crippen LogP contribution in [0.15, 0.2) is 58.3 Å². The standard InChI is InChI=1S/C21H29N3O2S/c1-4-23(5-2)20-17-18(24-15-13-22(3)14-16-24)11-12-21(20)27(25,26)19-9-7-6-8-10-19/h6-12,17H,4-5,13-16H2,1-3H3. The summed E-state index contributed by atoms with van der Waals surface area (Å²) in [5, 5.41) is 0. The number of hydrogen-bond donors (Lipinski definition) is 0. The lowest BCUT2D eigenvalue weighted by molar-refractivity contribution is 0.313. The summed E-state index contributed by atoms with van der Waals surface area (Å²) in [6, 6.07) is 14.5. The highest BCUT2D eigenvalue weighted by Gasteiger charge is 2.25. The van der Waals surface area contributed by atoms with E-state index in [-0.39, 0.29) is 0 Å². The highest BCUT2D eigenvalue weighted by atomic mass is 32.2. The normalized spacial score (nSPS) is 15.7. The lowest BCUT2D eigenvalue weighted by Gasteiger charge is -2.35. The first-order chi connectivity index (χ1) is 13.0. The Morgan fingerprint density at radius 3 is 2.15 bits per heavy atom. The molecule has 5 nitrogen and oxygen atoms in total. The molecule has 6 heteroatoms. The topological polar surface area (TPSA) is 43.9 Å². The molecule has 0 aromatic heterocycles. The molecule has 0 aliphatic carbocycles. The summed E-state index contributed by atoms with van der Waals surface area (Å²) in [4.78, 5) is 7.50. The molecule has 0 N–H and O–H groups in total. The van der Waals surface area contributed by atoms with Crippen LogP contribution in [0.1, 0.15) is 13.8 Å². The van der Waals surface area contributed by atoms with Crippen LogP contribution in [0.3, 0.4) is 0 Å². The molecule has 1 heterocycles. The fourth-order valence-corrected chi connectivity index (χ4v) is 5.01. The molecule has 0 saturated carbocycles. The van der Waals surface area contributed by atoms with E-state index in [1.54, 1.807) is 30.3 Å². The average molecular weight is 388 g/mol. The molecule has 1 aliphatic heterocycles. The van der Waals surface area contributed by atoms with Crippen molar-refractivity contribution in [3.8, 4) is 0 Å². The maximum atomic E-state index is 13.3. The third-order valence-electron chi connectivity index (χ3n) is 5.26. The summed E-state index contributed by atoms with van der Waals surface area (Å²) in [5.74, 6) is 0. The molecule has 1 fully saturated rings.